The highest BCUT2D eigenvalue weighted by atomic mass is 32.1. The van der Waals surface area contributed by atoms with Gasteiger partial charge in [0.1, 0.15) is 0 Å². The Morgan fingerprint density at radius 2 is 2.24 bits per heavy atom. The van der Waals surface area contributed by atoms with Crippen LogP contribution >= 0.6 is 12.8 Å². The number of aromatic nitrogens is 3. The summed E-state index contributed by atoms with van der Waals surface area (Å²) in [5, 5.41) is 0. The molecule has 0 fully saturated rings. The number of carbonyl (C=O) groups excluding carboxylic acids is 1. The number of H-pyrrole nitrogens is 1. The largest absolute Gasteiger partial charge is 0.455 e. The molecule has 0 aliphatic heterocycles. The number of hydrogen-bond donors (Lipinski definition) is 3. The molecule has 0 aromatic carbocycles. The molecule has 0 aliphatic rings. The molecule has 0 saturated heterocycles. The van der Waals surface area contributed by atoms with E-state index in [9.17, 15) is 4.79 Å². The van der Waals surface area contributed by atoms with Crippen molar-refractivity contribution in [3.8, 4) is 17.3 Å². The van der Waals surface area contributed by atoms with Crippen LogP contribution in [-0.2, 0) is 4.79 Å². The lowest BCUT2D eigenvalue weighted by molar-refractivity contribution is -0.121. The fraction of sp³-hybridized carbons (Fsp3) is 0.100. The number of amides is 1. The molecule has 2 N–H and O–H groups in total. The Kier molecular flexibility index (Phi) is 3.61. The van der Waals surface area contributed by atoms with Gasteiger partial charge in [0, 0.05) is 18.0 Å². The second-order valence-corrected chi connectivity index (χ2v) is 3.39. The Labute approximate surface area is 103 Å². The summed E-state index contributed by atoms with van der Waals surface area (Å²) in [5.74, 6) is -0.338. The van der Waals surface area contributed by atoms with Crippen LogP contribution in [0.25, 0.3) is 11.3 Å². The van der Waals surface area contributed by atoms with Crippen molar-refractivity contribution in [3.63, 3.8) is 0 Å². The normalized spacial score (nSPS) is 9.94. The maximum Gasteiger partial charge on any atom is 0.294 e. The van der Waals surface area contributed by atoms with Crippen LogP contribution in [0.15, 0.2) is 30.7 Å². The Morgan fingerprint density at radius 1 is 1.47 bits per heavy atom. The molecule has 0 bridgehead atoms. The number of nitrogens with one attached hydrogen (secondary N) is 2. The average Bonchev–Trinajstić information content (AvgIpc) is 2.86. The summed E-state index contributed by atoms with van der Waals surface area (Å²) >= 11 is 3.61. The molecule has 17 heavy (non-hydrogen) atoms. The molecule has 6 nitrogen and oxygen atoms in total. The lowest BCUT2D eigenvalue weighted by Crippen LogP contribution is -2.21. The lowest BCUT2D eigenvalue weighted by Gasteiger charge is -2.00. The topological polar surface area (TPSA) is 79.9 Å². The number of rotatable bonds is 4. The molecule has 7 heteroatoms. The van der Waals surface area contributed by atoms with Gasteiger partial charge in [-0.1, -0.05) is 12.8 Å². The third kappa shape index (κ3) is 2.97. The molecule has 0 saturated carbocycles. The highest BCUT2D eigenvalue weighted by Crippen LogP contribution is 2.17. The zero-order valence-electron chi connectivity index (χ0n) is 8.75. The fourth-order valence-electron chi connectivity index (χ4n) is 1.22. The van der Waals surface area contributed by atoms with Gasteiger partial charge in [-0.3, -0.25) is 14.5 Å². The number of hydrogen-bond acceptors (Lipinski definition) is 5. The molecule has 0 aliphatic carbocycles. The molecular weight excluding hydrogens is 240 g/mol. The van der Waals surface area contributed by atoms with Crippen LogP contribution in [-0.4, -0.2) is 27.5 Å². The molecule has 88 valence electrons. The number of thiol groups is 1. The molecule has 0 unspecified atom stereocenters. The predicted octanol–water partition coefficient (Wildman–Crippen LogP) is 0.811. The van der Waals surface area contributed by atoms with E-state index < -0.39 is 0 Å². The van der Waals surface area contributed by atoms with Gasteiger partial charge in [0.2, 0.25) is 0 Å². The van der Waals surface area contributed by atoms with Crippen molar-refractivity contribution in [2.45, 2.75) is 0 Å². The molecule has 2 rings (SSSR count). The van der Waals surface area contributed by atoms with Gasteiger partial charge in [-0.05, 0) is 12.1 Å². The third-order valence-corrected chi connectivity index (χ3v) is 2.26. The van der Waals surface area contributed by atoms with Gasteiger partial charge in [-0.25, -0.2) is 4.98 Å². The first kappa shape index (κ1) is 11.5. The van der Waals surface area contributed by atoms with Crippen LogP contribution in [0.5, 0.6) is 6.01 Å². The van der Waals surface area contributed by atoms with E-state index in [0.717, 1.165) is 11.3 Å². The molecule has 2 heterocycles. The highest BCUT2D eigenvalue weighted by molar-refractivity contribution is 7.78. The van der Waals surface area contributed by atoms with Crippen molar-refractivity contribution in [1.29, 1.82) is 0 Å². The second kappa shape index (κ2) is 5.35. The quantitative estimate of drug-likeness (QED) is 0.702. The minimum atomic E-state index is -0.338. The maximum absolute atomic E-state index is 10.9. The van der Waals surface area contributed by atoms with Crippen molar-refractivity contribution in [2.75, 3.05) is 6.61 Å². The number of ether oxygens (including phenoxy) is 1. The first-order valence-electron chi connectivity index (χ1n) is 4.80. The molecule has 2 aromatic rings. The van der Waals surface area contributed by atoms with Crippen LogP contribution in [0.3, 0.4) is 0 Å². The van der Waals surface area contributed by atoms with Gasteiger partial charge in [0.25, 0.3) is 11.9 Å². The molecule has 0 atom stereocenters. The maximum atomic E-state index is 10.9. The predicted molar refractivity (Wildman–Crippen MR) is 64.4 cm³/mol. The summed E-state index contributed by atoms with van der Waals surface area (Å²) in [7, 11) is 0. The van der Waals surface area contributed by atoms with E-state index in [1.807, 2.05) is 12.1 Å². The number of imidazole rings is 1. The first-order chi connectivity index (χ1) is 8.29. The van der Waals surface area contributed by atoms with Crippen LogP contribution in [0.2, 0.25) is 0 Å². The smallest absolute Gasteiger partial charge is 0.294 e. The summed E-state index contributed by atoms with van der Waals surface area (Å²) in [4.78, 5) is 21.8. The number of pyridine rings is 1. The SMILES string of the molecule is O=C(COc1ncc(-c2ccncc2)[nH]1)NS. The number of aromatic amines is 1. The van der Waals surface area contributed by atoms with Gasteiger partial charge in [0.05, 0.1) is 11.9 Å². The van der Waals surface area contributed by atoms with Crippen molar-refractivity contribution in [1.82, 2.24) is 19.7 Å². The lowest BCUT2D eigenvalue weighted by atomic mass is 10.2. The fourth-order valence-corrected chi connectivity index (χ4v) is 1.29. The van der Waals surface area contributed by atoms with E-state index in [1.165, 1.54) is 0 Å². The van der Waals surface area contributed by atoms with Crippen molar-refractivity contribution in [2.24, 2.45) is 0 Å². The van der Waals surface area contributed by atoms with Gasteiger partial charge in [0.15, 0.2) is 6.61 Å². The van der Waals surface area contributed by atoms with Gasteiger partial charge < -0.3 is 9.72 Å². The van der Waals surface area contributed by atoms with Crippen molar-refractivity contribution < 1.29 is 9.53 Å². The van der Waals surface area contributed by atoms with E-state index in [-0.39, 0.29) is 18.5 Å². The molecular formula is C10H10N4O2S. The Bertz CT molecular complexity index is 500. The molecule has 0 radical (unpaired) electrons. The van der Waals surface area contributed by atoms with Gasteiger partial charge in [-0.2, -0.15) is 0 Å². The minimum absolute atomic E-state index is 0.132. The summed E-state index contributed by atoms with van der Waals surface area (Å²) in [6.45, 7) is -0.132. The summed E-state index contributed by atoms with van der Waals surface area (Å²) < 4.78 is 7.27. The van der Waals surface area contributed by atoms with Crippen LogP contribution in [0, 0.1) is 0 Å². The number of carbonyl (C=O) groups is 1. The van der Waals surface area contributed by atoms with E-state index in [2.05, 4.69) is 32.5 Å². The standard InChI is InChI=1S/C10H10N4O2S/c15-9(14-17)6-16-10-12-5-8(13-10)7-1-3-11-4-2-7/h1-5,17H,6H2,(H,12,13)(H,14,15). The Morgan fingerprint density at radius 3 is 2.94 bits per heavy atom. The van der Waals surface area contributed by atoms with Crippen molar-refractivity contribution in [3.05, 3.63) is 30.7 Å². The summed E-state index contributed by atoms with van der Waals surface area (Å²) in [5.41, 5.74) is 1.75. The first-order valence-corrected chi connectivity index (χ1v) is 5.25. The zero-order chi connectivity index (χ0) is 12.1. The summed E-state index contributed by atoms with van der Waals surface area (Å²) in [6, 6.07) is 3.98. The molecule has 2 aromatic heterocycles. The minimum Gasteiger partial charge on any atom is -0.455 e. The monoisotopic (exact) mass is 250 g/mol. The van der Waals surface area contributed by atoms with Crippen molar-refractivity contribution >= 4 is 18.7 Å². The van der Waals surface area contributed by atoms with Crippen LogP contribution in [0.4, 0.5) is 0 Å². The van der Waals surface area contributed by atoms with Crippen LogP contribution < -0.4 is 9.46 Å². The number of nitrogens with zero attached hydrogens (tertiary/aromatic N) is 2. The van der Waals surface area contributed by atoms with E-state index in [0.29, 0.717) is 0 Å². The molecule has 0 spiro atoms. The molecule has 1 amide bonds. The summed E-state index contributed by atoms with van der Waals surface area (Å²) in [6.07, 6.45) is 5.00. The zero-order valence-corrected chi connectivity index (χ0v) is 9.65. The second-order valence-electron chi connectivity index (χ2n) is 3.16. The van der Waals surface area contributed by atoms with E-state index >= 15 is 0 Å². The Hall–Kier alpha value is -2.02. The Balaban J connectivity index is 2.04. The van der Waals surface area contributed by atoms with Gasteiger partial charge >= 0.3 is 0 Å². The van der Waals surface area contributed by atoms with Crippen LogP contribution in [0.1, 0.15) is 0 Å². The van der Waals surface area contributed by atoms with Gasteiger partial charge in [-0.15, -0.1) is 0 Å². The average molecular weight is 250 g/mol. The highest BCUT2D eigenvalue weighted by Gasteiger charge is 2.05. The van der Waals surface area contributed by atoms with E-state index in [1.54, 1.807) is 18.6 Å². The van der Waals surface area contributed by atoms with E-state index in [4.69, 9.17) is 4.74 Å². The third-order valence-electron chi connectivity index (χ3n) is 2.01.